The van der Waals surface area contributed by atoms with Gasteiger partial charge < -0.3 is 15.1 Å². The molecule has 0 bridgehead atoms. The average Bonchev–Trinajstić information content (AvgIpc) is 2.56. The predicted octanol–water partition coefficient (Wildman–Crippen LogP) is 2.97. The number of likely N-dealkylation sites (N-methyl/N-ethyl adjacent to an activating group) is 1. The van der Waals surface area contributed by atoms with Crippen molar-refractivity contribution in [3.05, 3.63) is 48.8 Å². The summed E-state index contributed by atoms with van der Waals surface area (Å²) in [5, 5.41) is 3.48. The number of nitrogens with zero attached hydrogens (tertiary/aromatic N) is 3. The number of hydrogen-bond acceptors (Lipinski definition) is 4. The Hall–Kier alpha value is -2.07. The van der Waals surface area contributed by atoms with E-state index in [9.17, 15) is 0 Å². The Morgan fingerprint density at radius 3 is 2.57 bits per heavy atom. The number of hydrogen-bond donors (Lipinski definition) is 1. The lowest BCUT2D eigenvalue weighted by atomic mass is 10.2. The van der Waals surface area contributed by atoms with E-state index in [0.717, 1.165) is 44.1 Å². The van der Waals surface area contributed by atoms with Gasteiger partial charge in [0.05, 0.1) is 23.3 Å². The lowest BCUT2D eigenvalue weighted by molar-refractivity contribution is 0.271. The molecular formula is C17H22N4. The number of pyridine rings is 1. The molecule has 1 aromatic heterocycles. The van der Waals surface area contributed by atoms with Gasteiger partial charge in [0.2, 0.25) is 0 Å². The van der Waals surface area contributed by atoms with Crippen molar-refractivity contribution in [2.24, 2.45) is 0 Å². The van der Waals surface area contributed by atoms with Crippen molar-refractivity contribution in [2.45, 2.75) is 6.92 Å². The molecule has 4 heteroatoms. The van der Waals surface area contributed by atoms with Crippen molar-refractivity contribution >= 4 is 17.1 Å². The van der Waals surface area contributed by atoms with E-state index >= 15 is 0 Å². The first-order valence-corrected chi connectivity index (χ1v) is 7.60. The summed E-state index contributed by atoms with van der Waals surface area (Å²) in [5.74, 6) is 0. The summed E-state index contributed by atoms with van der Waals surface area (Å²) in [7, 11) is 0. The molecule has 0 saturated carbocycles. The van der Waals surface area contributed by atoms with Gasteiger partial charge >= 0.3 is 0 Å². The van der Waals surface area contributed by atoms with Gasteiger partial charge in [-0.15, -0.1) is 0 Å². The van der Waals surface area contributed by atoms with Gasteiger partial charge in [0, 0.05) is 32.4 Å². The number of aromatic nitrogens is 1. The number of rotatable bonds is 4. The third-order valence-electron chi connectivity index (χ3n) is 4.00. The molecular weight excluding hydrogens is 260 g/mol. The molecule has 2 heterocycles. The fourth-order valence-electron chi connectivity index (χ4n) is 2.75. The third-order valence-corrected chi connectivity index (χ3v) is 4.00. The van der Waals surface area contributed by atoms with E-state index in [1.54, 1.807) is 6.20 Å². The average molecular weight is 282 g/mol. The lowest BCUT2D eigenvalue weighted by Crippen LogP contribution is -2.46. The van der Waals surface area contributed by atoms with Crippen molar-refractivity contribution in [2.75, 3.05) is 42.9 Å². The van der Waals surface area contributed by atoms with E-state index in [4.69, 9.17) is 0 Å². The van der Waals surface area contributed by atoms with E-state index in [0.29, 0.717) is 0 Å². The number of benzene rings is 1. The topological polar surface area (TPSA) is 31.4 Å². The van der Waals surface area contributed by atoms with E-state index < -0.39 is 0 Å². The highest BCUT2D eigenvalue weighted by Gasteiger charge is 2.17. The monoisotopic (exact) mass is 282 g/mol. The van der Waals surface area contributed by atoms with Gasteiger partial charge in [-0.1, -0.05) is 19.1 Å². The van der Waals surface area contributed by atoms with E-state index in [1.807, 2.05) is 18.3 Å². The van der Waals surface area contributed by atoms with Crippen molar-refractivity contribution in [3.8, 4) is 0 Å². The summed E-state index contributed by atoms with van der Waals surface area (Å²) in [6, 6.07) is 12.5. The zero-order valence-electron chi connectivity index (χ0n) is 12.5. The minimum absolute atomic E-state index is 1.03. The van der Waals surface area contributed by atoms with Crippen LogP contribution in [0.2, 0.25) is 0 Å². The molecule has 0 amide bonds. The molecule has 0 radical (unpaired) electrons. The van der Waals surface area contributed by atoms with Crippen LogP contribution in [-0.4, -0.2) is 42.6 Å². The van der Waals surface area contributed by atoms with Crippen LogP contribution in [0, 0.1) is 0 Å². The second kappa shape index (κ2) is 6.59. The SMILES string of the molecule is CCN1CCN(c2ccccc2Nc2cccnc2)CC1. The normalized spacial score (nSPS) is 16.0. The fraction of sp³-hybridized carbons (Fsp3) is 0.353. The predicted molar refractivity (Wildman–Crippen MR) is 88.3 cm³/mol. The summed E-state index contributed by atoms with van der Waals surface area (Å²) in [4.78, 5) is 9.12. The van der Waals surface area contributed by atoms with Crippen LogP contribution >= 0.6 is 0 Å². The number of para-hydroxylation sites is 2. The third kappa shape index (κ3) is 3.34. The van der Waals surface area contributed by atoms with Crippen molar-refractivity contribution in [3.63, 3.8) is 0 Å². The molecule has 1 aliphatic heterocycles. The first kappa shape index (κ1) is 13.9. The Bertz CT molecular complexity index is 562. The van der Waals surface area contributed by atoms with Crippen LogP contribution < -0.4 is 10.2 Å². The maximum atomic E-state index is 4.16. The molecule has 1 N–H and O–H groups in total. The van der Waals surface area contributed by atoms with Crippen molar-refractivity contribution in [1.82, 2.24) is 9.88 Å². The number of piperazine rings is 1. The molecule has 1 saturated heterocycles. The zero-order chi connectivity index (χ0) is 14.5. The molecule has 0 spiro atoms. The van der Waals surface area contributed by atoms with Gasteiger partial charge in [0.1, 0.15) is 0 Å². The highest BCUT2D eigenvalue weighted by atomic mass is 15.3. The summed E-state index contributed by atoms with van der Waals surface area (Å²) in [6.45, 7) is 7.81. The van der Waals surface area contributed by atoms with Gasteiger partial charge in [-0.3, -0.25) is 4.98 Å². The largest absolute Gasteiger partial charge is 0.367 e. The van der Waals surface area contributed by atoms with Crippen LogP contribution in [0.5, 0.6) is 0 Å². The van der Waals surface area contributed by atoms with Gasteiger partial charge in [0.25, 0.3) is 0 Å². The first-order valence-electron chi connectivity index (χ1n) is 7.60. The van der Waals surface area contributed by atoms with Crippen molar-refractivity contribution in [1.29, 1.82) is 0 Å². The second-order valence-electron chi connectivity index (χ2n) is 5.31. The van der Waals surface area contributed by atoms with E-state index in [2.05, 4.69) is 51.3 Å². The minimum atomic E-state index is 1.03. The Morgan fingerprint density at radius 1 is 1.05 bits per heavy atom. The standard InChI is InChI=1S/C17H22N4/c1-2-20-10-12-21(13-11-20)17-8-4-3-7-16(17)19-15-6-5-9-18-14-15/h3-9,14,19H,2,10-13H2,1H3. The molecule has 110 valence electrons. The summed E-state index contributed by atoms with van der Waals surface area (Å²) in [5.41, 5.74) is 3.45. The highest BCUT2D eigenvalue weighted by molar-refractivity contribution is 5.75. The van der Waals surface area contributed by atoms with Gasteiger partial charge in [-0.25, -0.2) is 0 Å². The minimum Gasteiger partial charge on any atom is -0.367 e. The molecule has 21 heavy (non-hydrogen) atoms. The summed E-state index contributed by atoms with van der Waals surface area (Å²) < 4.78 is 0. The molecule has 3 rings (SSSR count). The maximum Gasteiger partial charge on any atom is 0.0622 e. The molecule has 0 unspecified atom stereocenters. The van der Waals surface area contributed by atoms with Crippen LogP contribution in [0.1, 0.15) is 6.92 Å². The van der Waals surface area contributed by atoms with Crippen LogP contribution in [0.25, 0.3) is 0 Å². The zero-order valence-corrected chi connectivity index (χ0v) is 12.5. The molecule has 0 aliphatic carbocycles. The summed E-state index contributed by atoms with van der Waals surface area (Å²) in [6.07, 6.45) is 3.65. The second-order valence-corrected chi connectivity index (χ2v) is 5.31. The Labute approximate surface area is 126 Å². The summed E-state index contributed by atoms with van der Waals surface area (Å²) >= 11 is 0. The fourth-order valence-corrected chi connectivity index (χ4v) is 2.75. The van der Waals surface area contributed by atoms with Crippen LogP contribution in [-0.2, 0) is 0 Å². The van der Waals surface area contributed by atoms with Crippen LogP contribution in [0.3, 0.4) is 0 Å². The molecule has 2 aromatic rings. The smallest absolute Gasteiger partial charge is 0.0622 e. The van der Waals surface area contributed by atoms with Crippen molar-refractivity contribution < 1.29 is 0 Å². The molecule has 1 aromatic carbocycles. The van der Waals surface area contributed by atoms with E-state index in [-0.39, 0.29) is 0 Å². The van der Waals surface area contributed by atoms with Gasteiger partial charge in [-0.05, 0) is 30.8 Å². The van der Waals surface area contributed by atoms with Gasteiger partial charge in [0.15, 0.2) is 0 Å². The van der Waals surface area contributed by atoms with Crippen LogP contribution in [0.15, 0.2) is 48.8 Å². The van der Waals surface area contributed by atoms with Gasteiger partial charge in [-0.2, -0.15) is 0 Å². The molecule has 1 fully saturated rings. The molecule has 1 aliphatic rings. The molecule has 4 nitrogen and oxygen atoms in total. The number of anilines is 3. The lowest BCUT2D eigenvalue weighted by Gasteiger charge is -2.36. The highest BCUT2D eigenvalue weighted by Crippen LogP contribution is 2.29. The first-order chi connectivity index (χ1) is 10.4. The van der Waals surface area contributed by atoms with E-state index in [1.165, 1.54) is 5.69 Å². The molecule has 0 atom stereocenters. The Morgan fingerprint density at radius 2 is 1.86 bits per heavy atom. The van der Waals surface area contributed by atoms with Crippen LogP contribution in [0.4, 0.5) is 17.1 Å². The Balaban J connectivity index is 1.77. The quantitative estimate of drug-likeness (QED) is 0.934. The number of nitrogens with one attached hydrogen (secondary N) is 1. The maximum absolute atomic E-state index is 4.16. The Kier molecular flexibility index (Phi) is 4.36.